The second kappa shape index (κ2) is 25.7. The zero-order valence-corrected chi connectivity index (χ0v) is 39.2. The van der Waals surface area contributed by atoms with E-state index in [0.717, 1.165) is 6.08 Å². The van der Waals surface area contributed by atoms with Gasteiger partial charge in [0.2, 0.25) is 12.6 Å². The molecule has 0 spiro atoms. The van der Waals surface area contributed by atoms with Gasteiger partial charge in [-0.2, -0.15) is 0 Å². The summed E-state index contributed by atoms with van der Waals surface area (Å²) in [6, 6.07) is 20.3. The van der Waals surface area contributed by atoms with E-state index in [2.05, 4.69) is 0 Å². The van der Waals surface area contributed by atoms with E-state index in [9.17, 15) is 70.6 Å². The van der Waals surface area contributed by atoms with Crippen molar-refractivity contribution in [3.8, 4) is 11.5 Å². The highest BCUT2D eigenvalue weighted by atomic mass is 16.7. The Balaban J connectivity index is 1.18. The first-order valence-corrected chi connectivity index (χ1v) is 23.1. The van der Waals surface area contributed by atoms with Crippen LogP contribution in [0.3, 0.4) is 0 Å². The molecule has 3 aromatic carbocycles. The Morgan fingerprint density at radius 2 is 1.06 bits per heavy atom. The van der Waals surface area contributed by atoms with E-state index in [-0.39, 0.29) is 24.5 Å². The lowest BCUT2D eigenvalue weighted by Crippen LogP contribution is -2.63. The minimum atomic E-state index is -2.33. The lowest BCUT2D eigenvalue weighted by atomic mass is 9.88. The first-order chi connectivity index (χ1) is 34.4. The molecule has 0 amide bonds. The third-order valence-electron chi connectivity index (χ3n) is 12.0. The van der Waals surface area contributed by atoms with Crippen LogP contribution in [-0.2, 0) is 60.8 Å². The fraction of sp³-hybridized carbons (Fsp3) is 0.531. The van der Waals surface area contributed by atoms with Crippen LogP contribution >= 0.6 is 0 Å². The van der Waals surface area contributed by atoms with Gasteiger partial charge >= 0.3 is 17.9 Å². The zero-order chi connectivity index (χ0) is 52.3. The average molecular weight is 1020 g/mol. The molecule has 23 nitrogen and oxygen atoms in total. The molecule has 3 aromatic rings. The van der Waals surface area contributed by atoms with Crippen molar-refractivity contribution in [2.75, 3.05) is 19.8 Å². The van der Waals surface area contributed by atoms with E-state index in [0.29, 0.717) is 16.7 Å². The van der Waals surface area contributed by atoms with Gasteiger partial charge in [0.1, 0.15) is 91.9 Å². The lowest BCUT2D eigenvalue weighted by molar-refractivity contribution is -0.327. The number of carbonyl (C=O) groups is 3. The van der Waals surface area contributed by atoms with Crippen molar-refractivity contribution >= 4 is 24.0 Å². The highest BCUT2D eigenvalue weighted by Gasteiger charge is 2.54. The number of aliphatic hydroxyl groups excluding tert-OH is 11. The highest BCUT2D eigenvalue weighted by Crippen LogP contribution is 2.35. The maximum absolute atomic E-state index is 14.5. The average Bonchev–Trinajstić information content (AvgIpc) is 3.37. The number of carbonyl (C=O) groups excluding carboxylic acids is 3. The minimum Gasteiger partial charge on any atom is -0.462 e. The normalized spacial score (nSPS) is 31.6. The van der Waals surface area contributed by atoms with Gasteiger partial charge in [0.05, 0.1) is 26.2 Å². The third kappa shape index (κ3) is 14.1. The summed E-state index contributed by atoms with van der Waals surface area (Å²) in [6.45, 7) is 0.375. The van der Waals surface area contributed by atoms with Crippen LogP contribution in [0.1, 0.15) is 43.4 Å². The number of aliphatic hydroxyl groups is 11. The molecule has 11 N–H and O–H groups in total. The number of hydrogen-bond acceptors (Lipinski definition) is 23. The lowest BCUT2D eigenvalue weighted by Gasteiger charge is -2.44. The van der Waals surface area contributed by atoms with Gasteiger partial charge in [-0.05, 0) is 59.4 Å². The van der Waals surface area contributed by atoms with Crippen molar-refractivity contribution in [2.24, 2.45) is 5.92 Å². The number of hydrogen-bond donors (Lipinski definition) is 11. The molecule has 3 aliphatic heterocycles. The van der Waals surface area contributed by atoms with Gasteiger partial charge in [0.25, 0.3) is 0 Å². The second-order valence-corrected chi connectivity index (χ2v) is 17.9. The Morgan fingerprint density at radius 1 is 0.583 bits per heavy atom. The maximum atomic E-state index is 14.5. The SMILES string of the molecule is CC(C)CC(CC(=O)OCc1ccc(OC2OC(CO)C(O)C(O)C2O)cc1)(OC1OC(CO)C(OC(=O)C=Cc2ccccc2)C(O)C1O)C(=O)OCc1ccc(OC2OC(CO)C(O)C(O)C2O)cc1. The van der Waals surface area contributed by atoms with Crippen LogP contribution in [0.15, 0.2) is 84.9 Å². The Labute approximate surface area is 412 Å². The molecule has 16 atom stereocenters. The summed E-state index contributed by atoms with van der Waals surface area (Å²) in [5.41, 5.74) is -0.904. The number of esters is 3. The minimum absolute atomic E-state index is 0.113. The fourth-order valence-corrected chi connectivity index (χ4v) is 8.10. The van der Waals surface area contributed by atoms with E-state index >= 15 is 0 Å². The third-order valence-corrected chi connectivity index (χ3v) is 12.0. The van der Waals surface area contributed by atoms with Crippen molar-refractivity contribution in [3.63, 3.8) is 0 Å². The molecule has 3 fully saturated rings. The number of ether oxygens (including phenoxy) is 9. The molecule has 3 heterocycles. The number of rotatable bonds is 21. The molecule has 0 aromatic heterocycles. The van der Waals surface area contributed by atoms with Crippen molar-refractivity contribution in [2.45, 2.75) is 138 Å². The summed E-state index contributed by atoms with van der Waals surface area (Å²) in [5, 5.41) is 113. The Kier molecular flexibility index (Phi) is 20.0. The molecule has 0 aliphatic carbocycles. The standard InChI is InChI=1S/C49H62O23/c1-25(2)18-49(48(63)65-24-28-10-15-30(16-11-28)67-46-42(61)39(58)37(56)32(21-51)69-46,72-47-43(62)40(59)44(33(22-52)70-47)71-34(53)17-12-26-6-4-3-5-7-26)19-35(54)64-23-27-8-13-29(14-9-27)66-45-41(60)38(57)36(55)31(20-50)68-45/h3-17,25,31-33,36-47,50-52,55-62H,18-24H2,1-2H3. The molecular formula is C49H62O23. The topological polar surface area (TPSA) is 357 Å². The summed E-state index contributed by atoms with van der Waals surface area (Å²) in [5.74, 6) is -3.29. The zero-order valence-electron chi connectivity index (χ0n) is 39.2. The van der Waals surface area contributed by atoms with Gasteiger partial charge in [-0.1, -0.05) is 68.4 Å². The highest BCUT2D eigenvalue weighted by molar-refractivity contribution is 5.87. The van der Waals surface area contributed by atoms with Crippen LogP contribution in [0, 0.1) is 5.92 Å². The molecule has 396 valence electrons. The first-order valence-electron chi connectivity index (χ1n) is 23.1. The molecule has 16 unspecified atom stereocenters. The van der Waals surface area contributed by atoms with Gasteiger partial charge in [0, 0.05) is 6.08 Å². The molecule has 0 saturated carbocycles. The van der Waals surface area contributed by atoms with Crippen molar-refractivity contribution in [3.05, 3.63) is 102 Å². The second-order valence-electron chi connectivity index (χ2n) is 17.9. The van der Waals surface area contributed by atoms with Gasteiger partial charge < -0.3 is 98.8 Å². The monoisotopic (exact) mass is 1020 g/mol. The van der Waals surface area contributed by atoms with E-state index in [4.69, 9.17) is 42.6 Å². The van der Waals surface area contributed by atoms with Crippen LogP contribution < -0.4 is 9.47 Å². The summed E-state index contributed by atoms with van der Waals surface area (Å²) in [7, 11) is 0. The van der Waals surface area contributed by atoms with Crippen molar-refractivity contribution in [1.29, 1.82) is 0 Å². The number of benzene rings is 3. The molecule has 3 aliphatic rings. The summed E-state index contributed by atoms with van der Waals surface area (Å²) in [6.07, 6.45) is -22.9. The molecule has 0 radical (unpaired) electrons. The predicted octanol–water partition coefficient (Wildman–Crippen LogP) is -1.91. The van der Waals surface area contributed by atoms with Crippen LogP contribution in [-0.4, -0.2) is 192 Å². The predicted molar refractivity (Wildman–Crippen MR) is 242 cm³/mol. The van der Waals surface area contributed by atoms with E-state index < -0.39 is 154 Å². The molecule has 23 heteroatoms. The molecule has 6 rings (SSSR count). The summed E-state index contributed by atoms with van der Waals surface area (Å²) >= 11 is 0. The smallest absolute Gasteiger partial charge is 0.339 e. The van der Waals surface area contributed by atoms with E-state index in [1.54, 1.807) is 44.2 Å². The van der Waals surface area contributed by atoms with Gasteiger partial charge in [-0.25, -0.2) is 9.59 Å². The molecule has 72 heavy (non-hydrogen) atoms. The molecule has 0 bridgehead atoms. The van der Waals surface area contributed by atoms with Crippen molar-refractivity contribution < 1.29 is 113 Å². The van der Waals surface area contributed by atoms with E-state index in [1.165, 1.54) is 54.6 Å². The largest absolute Gasteiger partial charge is 0.462 e. The Morgan fingerprint density at radius 3 is 1.54 bits per heavy atom. The van der Waals surface area contributed by atoms with Gasteiger partial charge in [-0.15, -0.1) is 0 Å². The fourth-order valence-electron chi connectivity index (χ4n) is 8.10. The van der Waals surface area contributed by atoms with Gasteiger partial charge in [0.15, 0.2) is 18.0 Å². The molecular weight excluding hydrogens is 957 g/mol. The van der Waals surface area contributed by atoms with Crippen LogP contribution in [0.2, 0.25) is 0 Å². The molecule has 3 saturated heterocycles. The van der Waals surface area contributed by atoms with Crippen LogP contribution in [0.4, 0.5) is 0 Å². The van der Waals surface area contributed by atoms with Gasteiger partial charge in [-0.3, -0.25) is 4.79 Å². The Bertz CT molecular complexity index is 2210. The maximum Gasteiger partial charge on any atom is 0.339 e. The van der Waals surface area contributed by atoms with Crippen molar-refractivity contribution in [1.82, 2.24) is 0 Å². The quantitative estimate of drug-likeness (QED) is 0.0315. The Hall–Kier alpha value is -5.19. The first kappa shape index (κ1) is 56.1. The van der Waals surface area contributed by atoms with Crippen LogP contribution in [0.5, 0.6) is 11.5 Å². The summed E-state index contributed by atoms with van der Waals surface area (Å²) in [4.78, 5) is 41.2. The summed E-state index contributed by atoms with van der Waals surface area (Å²) < 4.78 is 50.9. The van der Waals surface area contributed by atoms with E-state index in [1.807, 2.05) is 0 Å². The van der Waals surface area contributed by atoms with Crippen LogP contribution in [0.25, 0.3) is 6.08 Å².